The first kappa shape index (κ1) is 14.0. The minimum Gasteiger partial charge on any atom is -0.481 e. The van der Waals surface area contributed by atoms with E-state index in [9.17, 15) is 9.59 Å². The van der Waals surface area contributed by atoms with Gasteiger partial charge < -0.3 is 16.2 Å². The number of carbonyl (C=O) groups excluding carboxylic acids is 1. The zero-order valence-corrected chi connectivity index (χ0v) is 10.3. The Kier molecular flexibility index (Phi) is 5.41. The van der Waals surface area contributed by atoms with Crippen molar-refractivity contribution in [3.63, 3.8) is 0 Å². The lowest BCUT2D eigenvalue weighted by Crippen LogP contribution is -2.46. The standard InChI is InChI=1S/C12H22N2O3/c1-8(9-4-2-3-5-9)14-12(17)10(13)6-7-11(15)16/h8-10H,2-7,13H2,1H3,(H,14,17)(H,15,16). The zero-order valence-electron chi connectivity index (χ0n) is 10.3. The highest BCUT2D eigenvalue weighted by Crippen LogP contribution is 2.27. The molecule has 0 spiro atoms. The summed E-state index contributed by atoms with van der Waals surface area (Å²) in [5.41, 5.74) is 5.64. The molecule has 0 aromatic heterocycles. The van der Waals surface area contributed by atoms with Gasteiger partial charge in [-0.15, -0.1) is 0 Å². The van der Waals surface area contributed by atoms with Crippen LogP contribution in [0.15, 0.2) is 0 Å². The summed E-state index contributed by atoms with van der Waals surface area (Å²) in [7, 11) is 0. The Morgan fingerprint density at radius 3 is 2.53 bits per heavy atom. The molecule has 0 aromatic rings. The molecule has 0 radical (unpaired) electrons. The number of carboxylic acids is 1. The summed E-state index contributed by atoms with van der Waals surface area (Å²) >= 11 is 0. The minimum atomic E-state index is -0.919. The van der Waals surface area contributed by atoms with Crippen molar-refractivity contribution >= 4 is 11.9 Å². The highest BCUT2D eigenvalue weighted by Gasteiger charge is 2.24. The number of carbonyl (C=O) groups is 2. The number of rotatable bonds is 6. The van der Waals surface area contributed by atoms with Gasteiger partial charge >= 0.3 is 5.97 Å². The molecule has 98 valence electrons. The molecule has 5 nitrogen and oxygen atoms in total. The first-order valence-corrected chi connectivity index (χ1v) is 6.28. The number of amides is 1. The van der Waals surface area contributed by atoms with Crippen LogP contribution in [0.2, 0.25) is 0 Å². The van der Waals surface area contributed by atoms with Gasteiger partial charge in [0.25, 0.3) is 0 Å². The lowest BCUT2D eigenvalue weighted by Gasteiger charge is -2.22. The molecule has 1 saturated carbocycles. The van der Waals surface area contributed by atoms with Crippen LogP contribution < -0.4 is 11.1 Å². The second-order valence-electron chi connectivity index (χ2n) is 4.88. The minimum absolute atomic E-state index is 0.0631. The van der Waals surface area contributed by atoms with Gasteiger partial charge in [0.05, 0.1) is 6.04 Å². The maximum absolute atomic E-state index is 11.7. The summed E-state index contributed by atoms with van der Waals surface area (Å²) in [4.78, 5) is 22.1. The molecule has 1 fully saturated rings. The van der Waals surface area contributed by atoms with E-state index in [1.807, 2.05) is 6.92 Å². The van der Waals surface area contributed by atoms with Crippen LogP contribution in [0.3, 0.4) is 0 Å². The Morgan fingerprint density at radius 2 is 2.00 bits per heavy atom. The van der Waals surface area contributed by atoms with E-state index in [0.717, 1.165) is 12.8 Å². The summed E-state index contributed by atoms with van der Waals surface area (Å²) in [5.74, 6) is -0.603. The molecular formula is C12H22N2O3. The van der Waals surface area contributed by atoms with E-state index in [0.29, 0.717) is 5.92 Å². The summed E-state index contributed by atoms with van der Waals surface area (Å²) in [6.45, 7) is 2.00. The van der Waals surface area contributed by atoms with Crippen molar-refractivity contribution in [3.05, 3.63) is 0 Å². The molecule has 17 heavy (non-hydrogen) atoms. The normalized spacial score (nSPS) is 19.9. The fraction of sp³-hybridized carbons (Fsp3) is 0.833. The van der Waals surface area contributed by atoms with Gasteiger partial charge in [-0.25, -0.2) is 0 Å². The Balaban J connectivity index is 2.29. The number of aliphatic carboxylic acids is 1. The van der Waals surface area contributed by atoms with Gasteiger partial charge in [-0.05, 0) is 32.1 Å². The van der Waals surface area contributed by atoms with Crippen molar-refractivity contribution in [1.82, 2.24) is 5.32 Å². The molecule has 2 atom stereocenters. The van der Waals surface area contributed by atoms with Crippen LogP contribution in [-0.4, -0.2) is 29.1 Å². The van der Waals surface area contributed by atoms with Crippen molar-refractivity contribution in [1.29, 1.82) is 0 Å². The van der Waals surface area contributed by atoms with E-state index >= 15 is 0 Å². The fourth-order valence-corrected chi connectivity index (χ4v) is 2.32. The Morgan fingerprint density at radius 1 is 1.41 bits per heavy atom. The van der Waals surface area contributed by atoms with E-state index in [1.165, 1.54) is 12.8 Å². The van der Waals surface area contributed by atoms with Crippen molar-refractivity contribution in [2.75, 3.05) is 0 Å². The Hall–Kier alpha value is -1.10. The van der Waals surface area contributed by atoms with E-state index in [-0.39, 0.29) is 24.8 Å². The van der Waals surface area contributed by atoms with E-state index in [1.54, 1.807) is 0 Å². The lowest BCUT2D eigenvalue weighted by atomic mass is 9.99. The van der Waals surface area contributed by atoms with E-state index in [4.69, 9.17) is 10.8 Å². The molecular weight excluding hydrogens is 220 g/mol. The second kappa shape index (κ2) is 6.59. The predicted molar refractivity (Wildman–Crippen MR) is 64.4 cm³/mol. The molecule has 1 aliphatic rings. The van der Waals surface area contributed by atoms with Crippen molar-refractivity contribution < 1.29 is 14.7 Å². The van der Waals surface area contributed by atoms with Crippen LogP contribution >= 0.6 is 0 Å². The van der Waals surface area contributed by atoms with Gasteiger partial charge in [-0.3, -0.25) is 9.59 Å². The number of nitrogens with two attached hydrogens (primary N) is 1. The summed E-state index contributed by atoms with van der Waals surface area (Å²) in [5, 5.41) is 11.4. The van der Waals surface area contributed by atoms with Crippen molar-refractivity contribution in [2.24, 2.45) is 11.7 Å². The molecule has 0 aromatic carbocycles. The SMILES string of the molecule is CC(NC(=O)C(N)CCC(=O)O)C1CCCC1. The Labute approximate surface area is 102 Å². The molecule has 2 unspecified atom stereocenters. The quantitative estimate of drug-likeness (QED) is 0.644. The molecule has 1 amide bonds. The van der Waals surface area contributed by atoms with Gasteiger partial charge in [0.2, 0.25) is 5.91 Å². The lowest BCUT2D eigenvalue weighted by molar-refractivity contribution is -0.137. The smallest absolute Gasteiger partial charge is 0.303 e. The third-order valence-corrected chi connectivity index (χ3v) is 3.48. The molecule has 4 N–H and O–H groups in total. The average Bonchev–Trinajstić information content (AvgIpc) is 2.78. The van der Waals surface area contributed by atoms with Gasteiger partial charge in [0.15, 0.2) is 0 Å². The van der Waals surface area contributed by atoms with Gasteiger partial charge in [0.1, 0.15) is 0 Å². The Bertz CT molecular complexity index is 275. The largest absolute Gasteiger partial charge is 0.481 e. The maximum atomic E-state index is 11.7. The third-order valence-electron chi connectivity index (χ3n) is 3.48. The van der Waals surface area contributed by atoms with Gasteiger partial charge in [-0.1, -0.05) is 12.8 Å². The molecule has 1 aliphatic carbocycles. The highest BCUT2D eigenvalue weighted by atomic mass is 16.4. The predicted octanol–water partition coefficient (Wildman–Crippen LogP) is 0.873. The van der Waals surface area contributed by atoms with Crippen LogP contribution in [0.25, 0.3) is 0 Å². The second-order valence-corrected chi connectivity index (χ2v) is 4.88. The molecule has 0 heterocycles. The van der Waals surface area contributed by atoms with Gasteiger partial charge in [-0.2, -0.15) is 0 Å². The van der Waals surface area contributed by atoms with Crippen LogP contribution in [-0.2, 0) is 9.59 Å². The number of nitrogens with one attached hydrogen (secondary N) is 1. The van der Waals surface area contributed by atoms with Crippen molar-refractivity contribution in [3.8, 4) is 0 Å². The molecule has 5 heteroatoms. The summed E-state index contributed by atoms with van der Waals surface area (Å²) in [6.07, 6.45) is 4.91. The van der Waals surface area contributed by atoms with Crippen molar-refractivity contribution in [2.45, 2.75) is 57.5 Å². The maximum Gasteiger partial charge on any atom is 0.303 e. The third kappa shape index (κ3) is 4.73. The van der Waals surface area contributed by atoms with Crippen LogP contribution in [0.4, 0.5) is 0 Å². The summed E-state index contributed by atoms with van der Waals surface area (Å²) in [6, 6.07) is -0.573. The topological polar surface area (TPSA) is 92.4 Å². The fourth-order valence-electron chi connectivity index (χ4n) is 2.32. The number of hydrogen-bond donors (Lipinski definition) is 3. The van der Waals surface area contributed by atoms with Gasteiger partial charge in [0, 0.05) is 12.5 Å². The van der Waals surface area contributed by atoms with E-state index in [2.05, 4.69) is 5.32 Å². The first-order chi connectivity index (χ1) is 8.00. The summed E-state index contributed by atoms with van der Waals surface area (Å²) < 4.78 is 0. The van der Waals surface area contributed by atoms with Crippen LogP contribution in [0, 0.1) is 5.92 Å². The number of hydrogen-bond acceptors (Lipinski definition) is 3. The molecule has 0 bridgehead atoms. The zero-order chi connectivity index (χ0) is 12.8. The highest BCUT2D eigenvalue weighted by molar-refractivity contribution is 5.82. The monoisotopic (exact) mass is 242 g/mol. The van der Waals surface area contributed by atoms with Crippen LogP contribution in [0.1, 0.15) is 45.4 Å². The first-order valence-electron chi connectivity index (χ1n) is 6.28. The van der Waals surface area contributed by atoms with Crippen LogP contribution in [0.5, 0.6) is 0 Å². The van der Waals surface area contributed by atoms with E-state index < -0.39 is 12.0 Å². The number of carboxylic acid groups (broad SMARTS) is 1. The molecule has 0 aliphatic heterocycles. The molecule has 0 saturated heterocycles. The molecule has 1 rings (SSSR count). The average molecular weight is 242 g/mol.